The molecular formula is C8H6BrN3O. The lowest BCUT2D eigenvalue weighted by molar-refractivity contribution is 0.570. The Labute approximate surface area is 83.1 Å². The molecule has 0 fully saturated rings. The zero-order valence-corrected chi connectivity index (χ0v) is 8.45. The normalized spacial score (nSPS) is 10.3. The van der Waals surface area contributed by atoms with E-state index in [2.05, 4.69) is 31.1 Å². The molecule has 0 spiro atoms. The molecule has 13 heavy (non-hydrogen) atoms. The first-order valence-electron chi connectivity index (χ1n) is 3.65. The monoisotopic (exact) mass is 239 g/mol. The Morgan fingerprint density at radius 3 is 2.69 bits per heavy atom. The molecule has 0 radical (unpaired) electrons. The van der Waals surface area contributed by atoms with Gasteiger partial charge in [0.25, 0.3) is 0 Å². The summed E-state index contributed by atoms with van der Waals surface area (Å²) in [5.41, 5.74) is 1.71. The molecule has 0 saturated heterocycles. The lowest BCUT2D eigenvalue weighted by Gasteiger charge is -1.98. The highest BCUT2D eigenvalue weighted by Gasteiger charge is 2.10. The van der Waals surface area contributed by atoms with E-state index in [4.69, 9.17) is 4.42 Å². The van der Waals surface area contributed by atoms with Crippen molar-refractivity contribution in [3.63, 3.8) is 0 Å². The van der Waals surface area contributed by atoms with Gasteiger partial charge in [0.1, 0.15) is 0 Å². The first-order chi connectivity index (χ1) is 6.29. The van der Waals surface area contributed by atoms with Crippen LogP contribution < -0.4 is 0 Å². The Bertz CT molecular complexity index is 427. The maximum Gasteiger partial charge on any atom is 0.181 e. The first kappa shape index (κ1) is 8.37. The van der Waals surface area contributed by atoms with Crippen LogP contribution in [-0.4, -0.2) is 15.2 Å². The molecule has 0 aliphatic rings. The number of halogens is 1. The van der Waals surface area contributed by atoms with E-state index in [0.29, 0.717) is 0 Å². The molecule has 0 aliphatic heterocycles. The van der Waals surface area contributed by atoms with Crippen molar-refractivity contribution in [3.05, 3.63) is 29.0 Å². The molecule has 2 aromatic heterocycles. The van der Waals surface area contributed by atoms with Gasteiger partial charge in [0.15, 0.2) is 12.2 Å². The van der Waals surface area contributed by atoms with E-state index >= 15 is 0 Å². The Balaban J connectivity index is 2.59. The summed E-state index contributed by atoms with van der Waals surface area (Å²) in [7, 11) is 0. The lowest BCUT2D eigenvalue weighted by Crippen LogP contribution is -1.85. The van der Waals surface area contributed by atoms with E-state index in [-0.39, 0.29) is 0 Å². The van der Waals surface area contributed by atoms with Crippen molar-refractivity contribution < 1.29 is 4.42 Å². The van der Waals surface area contributed by atoms with Crippen molar-refractivity contribution in [3.8, 4) is 11.3 Å². The van der Waals surface area contributed by atoms with Crippen LogP contribution >= 0.6 is 15.9 Å². The largest absolute Gasteiger partial charge is 0.443 e. The number of hydrogen-bond donors (Lipinski definition) is 0. The van der Waals surface area contributed by atoms with Gasteiger partial charge in [-0.2, -0.15) is 10.2 Å². The van der Waals surface area contributed by atoms with Crippen LogP contribution in [0.5, 0.6) is 0 Å². The number of hydrogen-bond acceptors (Lipinski definition) is 4. The average Bonchev–Trinajstić information content (AvgIpc) is 2.52. The number of rotatable bonds is 1. The third kappa shape index (κ3) is 1.47. The fourth-order valence-corrected chi connectivity index (χ4v) is 1.41. The summed E-state index contributed by atoms with van der Waals surface area (Å²) < 4.78 is 6.07. The minimum Gasteiger partial charge on any atom is -0.443 e. The van der Waals surface area contributed by atoms with Gasteiger partial charge < -0.3 is 4.42 Å². The topological polar surface area (TPSA) is 51.8 Å². The fourth-order valence-electron chi connectivity index (χ4n) is 1.03. The Morgan fingerprint density at radius 2 is 2.08 bits per heavy atom. The van der Waals surface area contributed by atoms with Gasteiger partial charge in [-0.3, -0.25) is 0 Å². The van der Waals surface area contributed by atoms with Crippen molar-refractivity contribution in [2.24, 2.45) is 0 Å². The molecule has 0 aliphatic carbocycles. The standard InChI is InChI=1S/C8H6BrN3O/c1-5-8(13-4-10-5)6-2-11-12-3-7(6)9/h2-4H,1H3. The summed E-state index contributed by atoms with van der Waals surface area (Å²) in [6.07, 6.45) is 4.67. The molecule has 2 aromatic rings. The second kappa shape index (κ2) is 3.26. The summed E-state index contributed by atoms with van der Waals surface area (Å²) in [6, 6.07) is 0. The zero-order valence-electron chi connectivity index (χ0n) is 6.86. The average molecular weight is 240 g/mol. The van der Waals surface area contributed by atoms with Gasteiger partial charge in [0, 0.05) is 0 Å². The van der Waals surface area contributed by atoms with Gasteiger partial charge in [-0.05, 0) is 22.9 Å². The predicted molar refractivity (Wildman–Crippen MR) is 50.0 cm³/mol. The molecule has 5 heteroatoms. The molecule has 0 N–H and O–H groups in total. The Morgan fingerprint density at radius 1 is 1.31 bits per heavy atom. The van der Waals surface area contributed by atoms with E-state index < -0.39 is 0 Å². The van der Waals surface area contributed by atoms with Crippen LogP contribution in [0.3, 0.4) is 0 Å². The van der Waals surface area contributed by atoms with Crippen LogP contribution in [-0.2, 0) is 0 Å². The van der Waals surface area contributed by atoms with Gasteiger partial charge in [0.05, 0.1) is 28.1 Å². The summed E-state index contributed by atoms with van der Waals surface area (Å²) in [4.78, 5) is 4.00. The smallest absolute Gasteiger partial charge is 0.181 e. The van der Waals surface area contributed by atoms with Gasteiger partial charge in [0.2, 0.25) is 0 Å². The third-order valence-electron chi connectivity index (χ3n) is 1.67. The molecule has 2 heterocycles. The molecular weight excluding hydrogens is 234 g/mol. The van der Waals surface area contributed by atoms with Crippen LogP contribution in [0.1, 0.15) is 5.69 Å². The van der Waals surface area contributed by atoms with Crippen molar-refractivity contribution in [2.45, 2.75) is 6.92 Å². The Hall–Kier alpha value is -1.23. The maximum absolute atomic E-state index is 5.22. The first-order valence-corrected chi connectivity index (χ1v) is 4.45. The van der Waals surface area contributed by atoms with E-state index in [1.807, 2.05) is 6.92 Å². The van der Waals surface area contributed by atoms with E-state index in [0.717, 1.165) is 21.5 Å². The molecule has 0 amide bonds. The van der Waals surface area contributed by atoms with Gasteiger partial charge in [-0.1, -0.05) is 0 Å². The Kier molecular flexibility index (Phi) is 2.10. The molecule has 0 unspecified atom stereocenters. The zero-order chi connectivity index (χ0) is 9.26. The predicted octanol–water partition coefficient (Wildman–Crippen LogP) is 2.20. The maximum atomic E-state index is 5.22. The van der Waals surface area contributed by atoms with E-state index in [9.17, 15) is 0 Å². The van der Waals surface area contributed by atoms with Crippen LogP contribution in [0.15, 0.2) is 27.7 Å². The molecule has 2 rings (SSSR count). The molecule has 0 bridgehead atoms. The highest BCUT2D eigenvalue weighted by atomic mass is 79.9. The molecule has 0 aromatic carbocycles. The summed E-state index contributed by atoms with van der Waals surface area (Å²) >= 11 is 3.36. The van der Waals surface area contributed by atoms with Gasteiger partial charge in [-0.25, -0.2) is 4.98 Å². The van der Waals surface area contributed by atoms with Gasteiger partial charge in [-0.15, -0.1) is 0 Å². The number of oxazole rings is 1. The molecule has 66 valence electrons. The second-order valence-electron chi connectivity index (χ2n) is 2.52. The minimum atomic E-state index is 0.724. The van der Waals surface area contributed by atoms with Gasteiger partial charge >= 0.3 is 0 Å². The summed E-state index contributed by atoms with van der Waals surface area (Å²) in [5.74, 6) is 0.724. The number of aromatic nitrogens is 3. The lowest BCUT2D eigenvalue weighted by atomic mass is 10.2. The SMILES string of the molecule is Cc1ncoc1-c1cnncc1Br. The number of nitrogens with zero attached hydrogens (tertiary/aromatic N) is 3. The summed E-state index contributed by atoms with van der Waals surface area (Å²) in [6.45, 7) is 1.88. The van der Waals surface area contributed by atoms with Crippen molar-refractivity contribution >= 4 is 15.9 Å². The summed E-state index contributed by atoms with van der Waals surface area (Å²) in [5, 5.41) is 7.50. The van der Waals surface area contributed by atoms with E-state index in [1.54, 1.807) is 12.4 Å². The highest BCUT2D eigenvalue weighted by Crippen LogP contribution is 2.28. The second-order valence-corrected chi connectivity index (χ2v) is 3.37. The van der Waals surface area contributed by atoms with E-state index in [1.165, 1.54) is 6.39 Å². The van der Waals surface area contributed by atoms with Crippen LogP contribution in [0, 0.1) is 6.92 Å². The fraction of sp³-hybridized carbons (Fsp3) is 0.125. The highest BCUT2D eigenvalue weighted by molar-refractivity contribution is 9.10. The molecule has 0 saturated carbocycles. The van der Waals surface area contributed by atoms with Crippen molar-refractivity contribution in [2.75, 3.05) is 0 Å². The van der Waals surface area contributed by atoms with Crippen molar-refractivity contribution in [1.82, 2.24) is 15.2 Å². The third-order valence-corrected chi connectivity index (χ3v) is 2.30. The molecule has 4 nitrogen and oxygen atoms in total. The van der Waals surface area contributed by atoms with Crippen molar-refractivity contribution in [1.29, 1.82) is 0 Å². The minimum absolute atomic E-state index is 0.724. The van der Waals surface area contributed by atoms with Crippen LogP contribution in [0.25, 0.3) is 11.3 Å². The van der Waals surface area contributed by atoms with Crippen LogP contribution in [0.2, 0.25) is 0 Å². The molecule has 0 atom stereocenters. The number of aryl methyl sites for hydroxylation is 1. The van der Waals surface area contributed by atoms with Crippen LogP contribution in [0.4, 0.5) is 0 Å². The quantitative estimate of drug-likeness (QED) is 0.766.